The van der Waals surface area contributed by atoms with E-state index in [2.05, 4.69) is 10.2 Å². The van der Waals surface area contributed by atoms with Crippen molar-refractivity contribution in [2.45, 2.75) is 0 Å². The van der Waals surface area contributed by atoms with E-state index in [9.17, 15) is 0 Å². The quantitative estimate of drug-likeness (QED) is 0.869. The van der Waals surface area contributed by atoms with E-state index in [1.807, 2.05) is 42.5 Å². The largest absolute Gasteiger partial charge is 0.472 e. The Labute approximate surface area is 99.8 Å². The SMILES string of the molecule is Nc1ccc(OC/C=C/c2ccccc2)nn1. The minimum Gasteiger partial charge on any atom is -0.472 e. The highest BCUT2D eigenvalue weighted by molar-refractivity contribution is 5.48. The van der Waals surface area contributed by atoms with Crippen LogP contribution in [0.3, 0.4) is 0 Å². The fraction of sp³-hybridized carbons (Fsp3) is 0.0769. The first kappa shape index (κ1) is 11.1. The van der Waals surface area contributed by atoms with Gasteiger partial charge in [0.1, 0.15) is 12.4 Å². The first-order valence-electron chi connectivity index (χ1n) is 5.28. The topological polar surface area (TPSA) is 61.0 Å². The molecule has 0 spiro atoms. The first-order chi connectivity index (χ1) is 8.34. The van der Waals surface area contributed by atoms with Crippen LogP contribution in [0.5, 0.6) is 5.88 Å². The summed E-state index contributed by atoms with van der Waals surface area (Å²) in [5.74, 6) is 0.856. The molecular formula is C13H13N3O. The van der Waals surface area contributed by atoms with E-state index in [-0.39, 0.29) is 0 Å². The van der Waals surface area contributed by atoms with Gasteiger partial charge in [-0.1, -0.05) is 36.4 Å². The number of nitrogens with two attached hydrogens (primary N) is 1. The van der Waals surface area contributed by atoms with Gasteiger partial charge in [-0.3, -0.25) is 0 Å². The molecule has 4 nitrogen and oxygen atoms in total. The molecule has 0 fully saturated rings. The molecule has 4 heteroatoms. The maximum Gasteiger partial charge on any atom is 0.233 e. The molecule has 0 atom stereocenters. The lowest BCUT2D eigenvalue weighted by molar-refractivity contribution is 0.344. The Balaban J connectivity index is 1.84. The Morgan fingerprint density at radius 3 is 2.59 bits per heavy atom. The van der Waals surface area contributed by atoms with Gasteiger partial charge >= 0.3 is 0 Å². The number of anilines is 1. The Morgan fingerprint density at radius 1 is 1.06 bits per heavy atom. The molecule has 2 rings (SSSR count). The third kappa shape index (κ3) is 3.61. The van der Waals surface area contributed by atoms with Gasteiger partial charge in [-0.15, -0.1) is 10.2 Å². The summed E-state index contributed by atoms with van der Waals surface area (Å²) in [7, 11) is 0. The van der Waals surface area contributed by atoms with Crippen molar-refractivity contribution in [1.29, 1.82) is 0 Å². The van der Waals surface area contributed by atoms with Crippen molar-refractivity contribution in [2.75, 3.05) is 12.3 Å². The first-order valence-corrected chi connectivity index (χ1v) is 5.28. The number of rotatable bonds is 4. The predicted octanol–water partition coefficient (Wildman–Crippen LogP) is 2.15. The second-order valence-electron chi connectivity index (χ2n) is 3.42. The van der Waals surface area contributed by atoms with Gasteiger partial charge in [0.15, 0.2) is 0 Å². The van der Waals surface area contributed by atoms with Gasteiger partial charge in [-0.2, -0.15) is 0 Å². The maximum absolute atomic E-state index is 5.41. The summed E-state index contributed by atoms with van der Waals surface area (Å²) in [5.41, 5.74) is 6.55. The molecule has 0 unspecified atom stereocenters. The summed E-state index contributed by atoms with van der Waals surface area (Å²) in [6.45, 7) is 0.452. The van der Waals surface area contributed by atoms with Crippen molar-refractivity contribution in [1.82, 2.24) is 10.2 Å². The predicted molar refractivity (Wildman–Crippen MR) is 67.4 cm³/mol. The van der Waals surface area contributed by atoms with Gasteiger partial charge < -0.3 is 10.5 Å². The van der Waals surface area contributed by atoms with Gasteiger partial charge in [0.2, 0.25) is 5.88 Å². The summed E-state index contributed by atoms with van der Waals surface area (Å²) >= 11 is 0. The maximum atomic E-state index is 5.41. The Morgan fingerprint density at radius 2 is 1.88 bits per heavy atom. The highest BCUT2D eigenvalue weighted by Crippen LogP contribution is 2.06. The third-order valence-corrected chi connectivity index (χ3v) is 2.10. The van der Waals surface area contributed by atoms with Crippen molar-refractivity contribution < 1.29 is 4.74 Å². The van der Waals surface area contributed by atoms with Crippen molar-refractivity contribution in [3.63, 3.8) is 0 Å². The molecule has 17 heavy (non-hydrogen) atoms. The van der Waals surface area contributed by atoms with E-state index >= 15 is 0 Å². The van der Waals surface area contributed by atoms with E-state index in [1.54, 1.807) is 12.1 Å². The number of benzene rings is 1. The molecule has 0 bridgehead atoms. The number of aromatic nitrogens is 2. The van der Waals surface area contributed by atoms with Crippen LogP contribution in [0.4, 0.5) is 5.82 Å². The van der Waals surface area contributed by atoms with Gasteiger partial charge in [-0.25, -0.2) is 0 Å². The molecule has 0 aliphatic rings. The number of hydrogen-bond acceptors (Lipinski definition) is 4. The van der Waals surface area contributed by atoms with Crippen LogP contribution in [0, 0.1) is 0 Å². The monoisotopic (exact) mass is 227 g/mol. The summed E-state index contributed by atoms with van der Waals surface area (Å²) in [4.78, 5) is 0. The third-order valence-electron chi connectivity index (χ3n) is 2.10. The van der Waals surface area contributed by atoms with Crippen LogP contribution in [-0.2, 0) is 0 Å². The zero-order chi connectivity index (χ0) is 11.9. The van der Waals surface area contributed by atoms with Crippen molar-refractivity contribution >= 4 is 11.9 Å². The van der Waals surface area contributed by atoms with E-state index in [1.165, 1.54) is 0 Å². The second kappa shape index (κ2) is 5.65. The van der Waals surface area contributed by atoms with Crippen LogP contribution in [0.2, 0.25) is 0 Å². The van der Waals surface area contributed by atoms with Crippen molar-refractivity contribution in [2.24, 2.45) is 0 Å². The lowest BCUT2D eigenvalue weighted by atomic mass is 10.2. The molecule has 2 N–H and O–H groups in total. The normalized spacial score (nSPS) is 10.6. The molecule has 0 aliphatic heterocycles. The van der Waals surface area contributed by atoms with Crippen LogP contribution in [-0.4, -0.2) is 16.8 Å². The Kier molecular flexibility index (Phi) is 3.70. The summed E-state index contributed by atoms with van der Waals surface area (Å²) in [6.07, 6.45) is 3.91. The summed E-state index contributed by atoms with van der Waals surface area (Å²) in [6, 6.07) is 13.4. The molecule has 0 saturated carbocycles. The van der Waals surface area contributed by atoms with Gasteiger partial charge in [0, 0.05) is 6.07 Å². The Hall–Kier alpha value is -2.36. The average Bonchev–Trinajstić information content (AvgIpc) is 2.38. The fourth-order valence-electron chi connectivity index (χ4n) is 1.29. The van der Waals surface area contributed by atoms with Crippen LogP contribution < -0.4 is 10.5 Å². The second-order valence-corrected chi connectivity index (χ2v) is 3.42. The molecule has 1 heterocycles. The molecular weight excluding hydrogens is 214 g/mol. The van der Waals surface area contributed by atoms with Crippen LogP contribution in [0.25, 0.3) is 6.08 Å². The molecule has 86 valence electrons. The molecule has 0 radical (unpaired) electrons. The lowest BCUT2D eigenvalue weighted by Gasteiger charge is -2.00. The number of nitrogen functional groups attached to an aromatic ring is 1. The number of ether oxygens (including phenoxy) is 1. The van der Waals surface area contributed by atoms with Crippen molar-refractivity contribution in [3.05, 3.63) is 54.1 Å². The van der Waals surface area contributed by atoms with Gasteiger partial charge in [-0.05, 0) is 17.7 Å². The van der Waals surface area contributed by atoms with Crippen molar-refractivity contribution in [3.8, 4) is 5.88 Å². The standard InChI is InChI=1S/C13H13N3O/c14-12-8-9-13(16-15-12)17-10-4-7-11-5-2-1-3-6-11/h1-9H,10H2,(H2,14,15)/b7-4+. The molecule has 0 aliphatic carbocycles. The minimum atomic E-state index is 0.386. The van der Waals surface area contributed by atoms with E-state index in [0.717, 1.165) is 5.56 Å². The zero-order valence-corrected chi connectivity index (χ0v) is 9.28. The molecule has 1 aromatic heterocycles. The molecule has 0 amide bonds. The van der Waals surface area contributed by atoms with Crippen LogP contribution in [0.1, 0.15) is 5.56 Å². The molecule has 0 saturated heterocycles. The highest BCUT2D eigenvalue weighted by atomic mass is 16.5. The molecule has 1 aromatic carbocycles. The fourth-order valence-corrected chi connectivity index (χ4v) is 1.29. The highest BCUT2D eigenvalue weighted by Gasteiger charge is 1.93. The van der Waals surface area contributed by atoms with E-state index in [0.29, 0.717) is 18.3 Å². The number of nitrogens with zero attached hydrogens (tertiary/aromatic N) is 2. The lowest BCUT2D eigenvalue weighted by Crippen LogP contribution is -1.98. The van der Waals surface area contributed by atoms with Crippen LogP contribution in [0.15, 0.2) is 48.5 Å². The van der Waals surface area contributed by atoms with Gasteiger partial charge in [0.05, 0.1) is 0 Å². The summed E-state index contributed by atoms with van der Waals surface area (Å²) < 4.78 is 5.37. The minimum absolute atomic E-state index is 0.386. The molecule has 2 aromatic rings. The smallest absolute Gasteiger partial charge is 0.233 e. The van der Waals surface area contributed by atoms with E-state index < -0.39 is 0 Å². The van der Waals surface area contributed by atoms with Gasteiger partial charge in [0.25, 0.3) is 0 Å². The van der Waals surface area contributed by atoms with Crippen LogP contribution >= 0.6 is 0 Å². The summed E-state index contributed by atoms with van der Waals surface area (Å²) in [5, 5.41) is 7.49. The van der Waals surface area contributed by atoms with E-state index in [4.69, 9.17) is 10.5 Å². The average molecular weight is 227 g/mol. The Bertz CT molecular complexity index is 480. The number of hydrogen-bond donors (Lipinski definition) is 1. The zero-order valence-electron chi connectivity index (χ0n) is 9.28.